The van der Waals surface area contributed by atoms with E-state index in [-0.39, 0.29) is 18.4 Å². The van der Waals surface area contributed by atoms with Gasteiger partial charge in [0, 0.05) is 19.6 Å². The van der Waals surface area contributed by atoms with E-state index >= 15 is 0 Å². The third-order valence-electron chi connectivity index (χ3n) is 4.83. The zero-order valence-corrected chi connectivity index (χ0v) is 13.4. The maximum atomic E-state index is 12.5. The highest BCUT2D eigenvalue weighted by molar-refractivity contribution is 5.81. The summed E-state index contributed by atoms with van der Waals surface area (Å²) in [4.78, 5) is 25.9. The number of benzene rings is 1. The standard InChI is InChI=1S/C18H20N2O4/c19-10-12-3-5-13(6-4-12)17-15(18(22)23)7-8-16(21)20(17)11-14-2-1-9-24-14/h3-6,14-15,17H,1-2,7-9,11H2,(H,22,23)/t14-,15+,17-/m1/s1. The van der Waals surface area contributed by atoms with Gasteiger partial charge in [-0.25, -0.2) is 0 Å². The third kappa shape index (κ3) is 3.26. The van der Waals surface area contributed by atoms with Gasteiger partial charge >= 0.3 is 5.97 Å². The molecule has 1 amide bonds. The number of rotatable bonds is 4. The summed E-state index contributed by atoms with van der Waals surface area (Å²) in [6, 6.07) is 8.37. The van der Waals surface area contributed by atoms with Crippen molar-refractivity contribution in [3.05, 3.63) is 35.4 Å². The molecule has 2 aliphatic heterocycles. The average Bonchev–Trinajstić information content (AvgIpc) is 3.09. The number of carboxylic acids is 1. The molecule has 0 unspecified atom stereocenters. The monoisotopic (exact) mass is 328 g/mol. The van der Waals surface area contributed by atoms with Crippen LogP contribution in [0.3, 0.4) is 0 Å². The Morgan fingerprint density at radius 3 is 2.67 bits per heavy atom. The Kier molecular flexibility index (Phi) is 4.81. The van der Waals surface area contributed by atoms with Crippen LogP contribution in [0.2, 0.25) is 0 Å². The van der Waals surface area contributed by atoms with Gasteiger partial charge in [0.05, 0.1) is 29.7 Å². The second-order valence-electron chi connectivity index (χ2n) is 6.34. The molecule has 2 aliphatic rings. The summed E-state index contributed by atoms with van der Waals surface area (Å²) in [5.74, 6) is -1.57. The maximum absolute atomic E-state index is 12.5. The molecule has 0 bridgehead atoms. The van der Waals surface area contributed by atoms with Crippen LogP contribution in [0.15, 0.2) is 24.3 Å². The van der Waals surface area contributed by atoms with Gasteiger partial charge in [0.1, 0.15) is 0 Å². The molecular formula is C18H20N2O4. The fraction of sp³-hybridized carbons (Fsp3) is 0.500. The van der Waals surface area contributed by atoms with Gasteiger partial charge in [0.2, 0.25) is 5.91 Å². The molecule has 2 saturated heterocycles. The molecule has 0 aliphatic carbocycles. The first-order valence-corrected chi connectivity index (χ1v) is 8.24. The van der Waals surface area contributed by atoms with Gasteiger partial charge in [-0.1, -0.05) is 12.1 Å². The van der Waals surface area contributed by atoms with E-state index in [0.29, 0.717) is 25.1 Å². The van der Waals surface area contributed by atoms with E-state index in [9.17, 15) is 14.7 Å². The normalized spacial score (nSPS) is 27.0. The van der Waals surface area contributed by atoms with Crippen molar-refractivity contribution in [2.45, 2.75) is 37.8 Å². The molecule has 6 heteroatoms. The summed E-state index contributed by atoms with van der Waals surface area (Å²) >= 11 is 0. The molecule has 1 aromatic carbocycles. The first-order valence-electron chi connectivity index (χ1n) is 8.24. The van der Waals surface area contributed by atoms with Gasteiger partial charge in [0.15, 0.2) is 0 Å². The molecule has 0 saturated carbocycles. The fourth-order valence-electron chi connectivity index (χ4n) is 3.60. The molecule has 0 spiro atoms. The molecule has 0 radical (unpaired) electrons. The Balaban J connectivity index is 1.92. The predicted molar refractivity (Wildman–Crippen MR) is 84.9 cm³/mol. The number of aliphatic carboxylic acids is 1. The second kappa shape index (κ2) is 7.02. The van der Waals surface area contributed by atoms with Gasteiger partial charge < -0.3 is 14.7 Å². The van der Waals surface area contributed by atoms with Gasteiger partial charge in [-0.05, 0) is 37.0 Å². The van der Waals surface area contributed by atoms with Crippen LogP contribution in [0.25, 0.3) is 0 Å². The predicted octanol–water partition coefficient (Wildman–Crippen LogP) is 2.10. The van der Waals surface area contributed by atoms with Crippen LogP contribution in [-0.2, 0) is 14.3 Å². The highest BCUT2D eigenvalue weighted by atomic mass is 16.5. The number of piperidine rings is 1. The van der Waals surface area contributed by atoms with Crippen LogP contribution < -0.4 is 0 Å². The topological polar surface area (TPSA) is 90.6 Å². The van der Waals surface area contributed by atoms with Gasteiger partial charge in [-0.2, -0.15) is 5.26 Å². The quantitative estimate of drug-likeness (QED) is 0.914. The molecule has 24 heavy (non-hydrogen) atoms. The molecule has 2 fully saturated rings. The highest BCUT2D eigenvalue weighted by Gasteiger charge is 2.41. The minimum Gasteiger partial charge on any atom is -0.481 e. The number of likely N-dealkylation sites (tertiary alicyclic amines) is 1. The van der Waals surface area contributed by atoms with E-state index in [1.807, 2.05) is 0 Å². The Hall–Kier alpha value is -2.39. The third-order valence-corrected chi connectivity index (χ3v) is 4.83. The Morgan fingerprint density at radius 1 is 1.33 bits per heavy atom. The van der Waals surface area contributed by atoms with Gasteiger partial charge in [-0.3, -0.25) is 9.59 Å². The zero-order valence-electron chi connectivity index (χ0n) is 13.4. The molecule has 126 valence electrons. The van der Waals surface area contributed by atoms with E-state index in [1.165, 1.54) is 0 Å². The van der Waals surface area contributed by atoms with Crippen molar-refractivity contribution in [1.29, 1.82) is 5.26 Å². The number of nitrogens with zero attached hydrogens (tertiary/aromatic N) is 2. The fourth-order valence-corrected chi connectivity index (χ4v) is 3.60. The van der Waals surface area contributed by atoms with E-state index < -0.39 is 17.9 Å². The number of ether oxygens (including phenoxy) is 1. The van der Waals surface area contributed by atoms with E-state index in [1.54, 1.807) is 29.2 Å². The lowest BCUT2D eigenvalue weighted by Crippen LogP contribution is -2.48. The number of nitriles is 1. The van der Waals surface area contributed by atoms with Crippen molar-refractivity contribution < 1.29 is 19.4 Å². The van der Waals surface area contributed by atoms with Gasteiger partial charge in [0.25, 0.3) is 0 Å². The van der Waals surface area contributed by atoms with Crippen LogP contribution in [0.4, 0.5) is 0 Å². The summed E-state index contributed by atoms with van der Waals surface area (Å²) in [5.41, 5.74) is 1.27. The van der Waals surface area contributed by atoms with Crippen molar-refractivity contribution in [2.75, 3.05) is 13.2 Å². The summed E-state index contributed by atoms with van der Waals surface area (Å²) in [7, 11) is 0. The molecule has 1 N–H and O–H groups in total. The van der Waals surface area contributed by atoms with E-state index in [2.05, 4.69) is 6.07 Å². The first kappa shape index (κ1) is 16.5. The number of carbonyl (C=O) groups excluding carboxylic acids is 1. The van der Waals surface area contributed by atoms with E-state index in [4.69, 9.17) is 10.00 Å². The Bertz CT molecular complexity index is 659. The van der Waals surface area contributed by atoms with Crippen molar-refractivity contribution >= 4 is 11.9 Å². The molecule has 6 nitrogen and oxygen atoms in total. The van der Waals surface area contributed by atoms with Crippen LogP contribution in [0.1, 0.15) is 42.9 Å². The van der Waals surface area contributed by atoms with Crippen molar-refractivity contribution in [2.24, 2.45) is 5.92 Å². The lowest BCUT2D eigenvalue weighted by atomic mass is 9.84. The summed E-state index contributed by atoms with van der Waals surface area (Å²) in [6.45, 7) is 1.11. The number of hydrogen-bond acceptors (Lipinski definition) is 4. The first-order chi connectivity index (χ1) is 11.6. The maximum Gasteiger partial charge on any atom is 0.308 e. The smallest absolute Gasteiger partial charge is 0.308 e. The largest absolute Gasteiger partial charge is 0.481 e. The van der Waals surface area contributed by atoms with Crippen LogP contribution in [0.5, 0.6) is 0 Å². The number of amides is 1. The second-order valence-corrected chi connectivity index (χ2v) is 6.34. The molecule has 3 rings (SSSR count). The summed E-state index contributed by atoms with van der Waals surface area (Å²) in [5, 5.41) is 18.6. The summed E-state index contributed by atoms with van der Waals surface area (Å²) in [6.07, 6.45) is 2.41. The van der Waals surface area contributed by atoms with Crippen molar-refractivity contribution in [3.8, 4) is 6.07 Å². The minimum absolute atomic E-state index is 0.0256. The number of hydrogen-bond donors (Lipinski definition) is 1. The van der Waals surface area contributed by atoms with Crippen LogP contribution in [0, 0.1) is 17.2 Å². The number of carboxylic acid groups (broad SMARTS) is 1. The van der Waals surface area contributed by atoms with Crippen molar-refractivity contribution in [3.63, 3.8) is 0 Å². The minimum atomic E-state index is -0.894. The number of carbonyl (C=O) groups is 2. The zero-order chi connectivity index (χ0) is 17.1. The Labute approximate surface area is 140 Å². The summed E-state index contributed by atoms with van der Waals surface area (Å²) < 4.78 is 5.64. The van der Waals surface area contributed by atoms with Crippen LogP contribution in [-0.4, -0.2) is 41.1 Å². The Morgan fingerprint density at radius 2 is 2.08 bits per heavy atom. The lowest BCUT2D eigenvalue weighted by Gasteiger charge is -2.40. The van der Waals surface area contributed by atoms with E-state index in [0.717, 1.165) is 18.4 Å². The van der Waals surface area contributed by atoms with Gasteiger partial charge in [-0.15, -0.1) is 0 Å². The van der Waals surface area contributed by atoms with Crippen molar-refractivity contribution in [1.82, 2.24) is 4.90 Å². The molecule has 1 aromatic rings. The molecule has 0 aromatic heterocycles. The average molecular weight is 328 g/mol. The molecular weight excluding hydrogens is 308 g/mol. The SMILES string of the molecule is N#Cc1ccc([C@@H]2[C@@H](C(=O)O)CCC(=O)N2C[C@H]2CCCO2)cc1. The molecule has 3 atom stereocenters. The van der Waals surface area contributed by atoms with Crippen LogP contribution >= 0.6 is 0 Å². The lowest BCUT2D eigenvalue weighted by molar-refractivity contribution is -0.153. The molecule has 2 heterocycles. The highest BCUT2D eigenvalue weighted by Crippen LogP contribution is 2.37.